The lowest BCUT2D eigenvalue weighted by atomic mass is 9.95. The van der Waals surface area contributed by atoms with Crippen LogP contribution in [0.2, 0.25) is 0 Å². The van der Waals surface area contributed by atoms with Crippen LogP contribution in [0.5, 0.6) is 23.0 Å². The maximum absolute atomic E-state index is 14.2. The molecule has 3 aromatic rings. The normalized spacial score (nSPS) is 19.2. The molecule has 1 fully saturated rings. The summed E-state index contributed by atoms with van der Waals surface area (Å²) in [4.78, 5) is 30.4. The summed E-state index contributed by atoms with van der Waals surface area (Å²) in [6, 6.07) is 15.5. The first-order chi connectivity index (χ1) is 18.2. The Labute approximate surface area is 219 Å². The number of nitrogens with one attached hydrogen (secondary N) is 1. The number of carbonyl (C=O) groups excluding carboxylic acids is 2. The molecule has 2 aliphatic heterocycles. The molecule has 9 heteroatoms. The molecule has 1 aliphatic carbocycles. The van der Waals surface area contributed by atoms with Gasteiger partial charge < -0.3 is 24.3 Å². The maximum Gasteiger partial charge on any atom is 0.272 e. The summed E-state index contributed by atoms with van der Waals surface area (Å²) < 4.78 is 23.0. The summed E-state index contributed by atoms with van der Waals surface area (Å²) >= 11 is 1.44. The van der Waals surface area contributed by atoms with E-state index in [0.29, 0.717) is 28.7 Å². The van der Waals surface area contributed by atoms with Crippen LogP contribution in [0.25, 0.3) is 0 Å². The smallest absolute Gasteiger partial charge is 0.272 e. The van der Waals surface area contributed by atoms with E-state index < -0.39 is 12.1 Å². The molecule has 0 bridgehead atoms. The lowest BCUT2D eigenvalue weighted by Gasteiger charge is -2.35. The average Bonchev–Trinajstić information content (AvgIpc) is 3.63. The molecule has 3 heterocycles. The van der Waals surface area contributed by atoms with Crippen LogP contribution < -0.4 is 29.2 Å². The highest BCUT2D eigenvalue weighted by atomic mass is 32.1. The van der Waals surface area contributed by atoms with Crippen LogP contribution in [0, 0.1) is 0 Å². The third-order valence-electron chi connectivity index (χ3n) is 6.93. The van der Waals surface area contributed by atoms with E-state index in [-0.39, 0.29) is 31.3 Å². The van der Waals surface area contributed by atoms with Gasteiger partial charge in [-0.05, 0) is 48.6 Å². The average molecular weight is 521 g/mol. The molecule has 2 aromatic carbocycles. The van der Waals surface area contributed by atoms with Gasteiger partial charge in [-0.15, -0.1) is 11.3 Å². The molecule has 0 unspecified atom stereocenters. The van der Waals surface area contributed by atoms with Gasteiger partial charge in [0.05, 0.1) is 0 Å². The van der Waals surface area contributed by atoms with Gasteiger partial charge in [-0.1, -0.05) is 37.5 Å². The number of amides is 2. The van der Waals surface area contributed by atoms with Crippen molar-refractivity contribution in [3.63, 3.8) is 0 Å². The highest BCUT2D eigenvalue weighted by Crippen LogP contribution is 2.40. The van der Waals surface area contributed by atoms with Gasteiger partial charge in [-0.2, -0.15) is 0 Å². The first-order valence-electron chi connectivity index (χ1n) is 12.6. The predicted molar refractivity (Wildman–Crippen MR) is 138 cm³/mol. The van der Waals surface area contributed by atoms with Crippen LogP contribution in [0.3, 0.4) is 0 Å². The van der Waals surface area contributed by atoms with Crippen molar-refractivity contribution in [3.8, 4) is 23.0 Å². The Morgan fingerprint density at radius 3 is 2.49 bits per heavy atom. The van der Waals surface area contributed by atoms with Crippen molar-refractivity contribution in [1.82, 2.24) is 5.32 Å². The van der Waals surface area contributed by atoms with Crippen molar-refractivity contribution >= 4 is 28.8 Å². The Balaban J connectivity index is 1.38. The molecule has 37 heavy (non-hydrogen) atoms. The molecule has 0 radical (unpaired) electrons. The second-order valence-corrected chi connectivity index (χ2v) is 10.4. The second kappa shape index (κ2) is 10.3. The number of rotatable bonds is 6. The van der Waals surface area contributed by atoms with Gasteiger partial charge in [0.15, 0.2) is 23.0 Å². The van der Waals surface area contributed by atoms with E-state index in [1.807, 2.05) is 29.6 Å². The van der Waals surface area contributed by atoms with Gasteiger partial charge >= 0.3 is 0 Å². The monoisotopic (exact) mass is 520 g/mol. The number of fused-ring (bicyclic) bond motifs is 2. The summed E-state index contributed by atoms with van der Waals surface area (Å²) in [5, 5.41) is 5.14. The summed E-state index contributed by atoms with van der Waals surface area (Å²) in [7, 11) is 0. The van der Waals surface area contributed by atoms with E-state index >= 15 is 0 Å². The fraction of sp³-hybridized carbons (Fsp3) is 0.357. The molecule has 2 atom stereocenters. The molecule has 6 rings (SSSR count). The van der Waals surface area contributed by atoms with Gasteiger partial charge in [-0.25, -0.2) is 0 Å². The number of ether oxygens (including phenoxy) is 4. The van der Waals surface area contributed by atoms with Crippen molar-refractivity contribution in [1.29, 1.82) is 0 Å². The molecule has 0 spiro atoms. The molecule has 2 amide bonds. The van der Waals surface area contributed by atoms with E-state index in [1.165, 1.54) is 22.7 Å². The van der Waals surface area contributed by atoms with Crippen LogP contribution in [-0.4, -0.2) is 37.4 Å². The summed E-state index contributed by atoms with van der Waals surface area (Å²) in [6.07, 6.45) is 4.32. The number of carbonyl (C=O) groups is 2. The quantitative estimate of drug-likeness (QED) is 0.501. The van der Waals surface area contributed by atoms with Crippen molar-refractivity contribution < 1.29 is 28.5 Å². The summed E-state index contributed by atoms with van der Waals surface area (Å²) in [6.45, 7) is 0.151. The van der Waals surface area contributed by atoms with Gasteiger partial charge in [0.25, 0.3) is 5.91 Å². The molecule has 1 N–H and O–H groups in total. The van der Waals surface area contributed by atoms with Crippen LogP contribution in [0.4, 0.5) is 5.69 Å². The molecule has 192 valence electrons. The van der Waals surface area contributed by atoms with E-state index in [4.69, 9.17) is 18.9 Å². The number of thiophene rings is 1. The standard InChI is InChI=1S/C28H28N2O6S/c31-27(29-18-7-2-1-3-8-18)26(25-11-6-14-37-25)30(19-12-13-21-23(15-19)35-17-34-21)28(32)24-16-33-20-9-4-5-10-22(20)36-24/h4-6,9-15,18,24,26H,1-3,7-8,16-17H2,(H,29,31)/t24-,26-/m1/s1. The van der Waals surface area contributed by atoms with Crippen molar-refractivity contribution in [2.24, 2.45) is 0 Å². The van der Waals surface area contributed by atoms with E-state index in [2.05, 4.69) is 5.32 Å². The first kappa shape index (κ1) is 23.7. The third kappa shape index (κ3) is 4.83. The van der Waals surface area contributed by atoms with Crippen LogP contribution in [0.15, 0.2) is 60.0 Å². The number of nitrogens with zero attached hydrogens (tertiary/aromatic N) is 1. The van der Waals surface area contributed by atoms with Crippen molar-refractivity contribution in [2.45, 2.75) is 50.3 Å². The minimum Gasteiger partial charge on any atom is -0.485 e. The largest absolute Gasteiger partial charge is 0.485 e. The van der Waals surface area contributed by atoms with E-state index in [1.54, 1.807) is 30.3 Å². The van der Waals surface area contributed by atoms with Gasteiger partial charge in [0.1, 0.15) is 12.6 Å². The Kier molecular flexibility index (Phi) is 6.61. The van der Waals surface area contributed by atoms with E-state index in [9.17, 15) is 9.59 Å². The molecular weight excluding hydrogens is 492 g/mol. The predicted octanol–water partition coefficient (Wildman–Crippen LogP) is 4.84. The van der Waals surface area contributed by atoms with Gasteiger partial charge in [0, 0.05) is 22.7 Å². The minimum atomic E-state index is -0.926. The van der Waals surface area contributed by atoms with Gasteiger partial charge in [0.2, 0.25) is 18.8 Å². The zero-order chi connectivity index (χ0) is 25.2. The Bertz CT molecular complexity index is 1270. The summed E-state index contributed by atoms with van der Waals surface area (Å²) in [5.74, 6) is 1.63. The van der Waals surface area contributed by atoms with Crippen molar-refractivity contribution in [3.05, 3.63) is 64.9 Å². The zero-order valence-electron chi connectivity index (χ0n) is 20.3. The fourth-order valence-electron chi connectivity index (χ4n) is 5.08. The summed E-state index contributed by atoms with van der Waals surface area (Å²) in [5.41, 5.74) is 0.522. The van der Waals surface area contributed by atoms with Crippen LogP contribution in [-0.2, 0) is 9.59 Å². The zero-order valence-corrected chi connectivity index (χ0v) is 21.1. The highest BCUT2D eigenvalue weighted by molar-refractivity contribution is 7.10. The Morgan fingerprint density at radius 1 is 0.892 bits per heavy atom. The van der Waals surface area contributed by atoms with Crippen LogP contribution in [0.1, 0.15) is 43.0 Å². The Morgan fingerprint density at radius 2 is 1.68 bits per heavy atom. The second-order valence-electron chi connectivity index (χ2n) is 9.37. The lowest BCUT2D eigenvalue weighted by molar-refractivity contribution is -0.132. The number of para-hydroxylation sites is 2. The third-order valence-corrected chi connectivity index (χ3v) is 7.85. The number of benzene rings is 2. The fourth-order valence-corrected chi connectivity index (χ4v) is 5.90. The van der Waals surface area contributed by atoms with Crippen molar-refractivity contribution in [2.75, 3.05) is 18.3 Å². The maximum atomic E-state index is 14.2. The van der Waals surface area contributed by atoms with Gasteiger partial charge in [-0.3, -0.25) is 14.5 Å². The molecular formula is C28H28N2O6S. The first-order valence-corrected chi connectivity index (χ1v) is 13.5. The highest BCUT2D eigenvalue weighted by Gasteiger charge is 2.40. The molecule has 3 aliphatic rings. The van der Waals surface area contributed by atoms with E-state index in [0.717, 1.165) is 30.6 Å². The number of hydrogen-bond acceptors (Lipinski definition) is 7. The number of hydrogen-bond donors (Lipinski definition) is 1. The molecule has 1 saturated carbocycles. The minimum absolute atomic E-state index is 0.0400. The molecule has 1 aromatic heterocycles. The molecule has 8 nitrogen and oxygen atoms in total. The lowest BCUT2D eigenvalue weighted by Crippen LogP contribution is -2.52. The topological polar surface area (TPSA) is 86.3 Å². The Hall–Kier alpha value is -3.72. The van der Waals surface area contributed by atoms with Crippen LogP contribution >= 0.6 is 11.3 Å². The molecule has 0 saturated heterocycles. The SMILES string of the molecule is O=C(NC1CCCCC1)[C@@H](c1cccs1)N(C(=O)[C@H]1COc2ccccc2O1)c1ccc2c(c1)OCO2. The number of anilines is 1.